The molecule has 1 aromatic carbocycles. The van der Waals surface area contributed by atoms with Crippen molar-refractivity contribution in [2.24, 2.45) is 0 Å². The Hall–Kier alpha value is -3.34. The number of amides is 1. The lowest BCUT2D eigenvalue weighted by Crippen LogP contribution is -2.32. The topological polar surface area (TPSA) is 106 Å². The van der Waals surface area contributed by atoms with Crippen molar-refractivity contribution >= 4 is 29.0 Å². The van der Waals surface area contributed by atoms with Gasteiger partial charge >= 0.3 is 6.18 Å². The first kappa shape index (κ1) is 23.3. The molecule has 0 radical (unpaired) electrons. The third-order valence-electron chi connectivity index (χ3n) is 4.49. The van der Waals surface area contributed by atoms with E-state index < -0.39 is 35.3 Å². The maximum absolute atomic E-state index is 15.0. The highest BCUT2D eigenvalue weighted by molar-refractivity contribution is 6.33. The Labute approximate surface area is 184 Å². The quantitative estimate of drug-likeness (QED) is 0.452. The maximum Gasteiger partial charge on any atom is 0.425 e. The second-order valence-electron chi connectivity index (χ2n) is 7.05. The molecule has 4 N–H and O–H groups in total. The van der Waals surface area contributed by atoms with E-state index in [-0.39, 0.29) is 27.9 Å². The summed E-state index contributed by atoms with van der Waals surface area (Å²) in [6.07, 6.45) is -7.00. The summed E-state index contributed by atoms with van der Waals surface area (Å²) in [6.45, 7) is 4.03. The molecule has 7 nitrogen and oxygen atoms in total. The van der Waals surface area contributed by atoms with Crippen LogP contribution in [-0.4, -0.2) is 33.4 Å². The maximum atomic E-state index is 15.0. The van der Waals surface area contributed by atoms with Gasteiger partial charge < -0.3 is 15.8 Å². The number of nitrogens with one attached hydrogen (secondary N) is 2. The molecule has 1 amide bonds. The summed E-state index contributed by atoms with van der Waals surface area (Å²) >= 11 is 5.90. The minimum Gasteiger partial charge on any atom is -0.480 e. The third kappa shape index (κ3) is 4.93. The number of rotatable bonds is 5. The number of aromatic nitrogens is 3. The number of nitrogen functional groups attached to an aromatic ring is 1. The molecule has 0 aliphatic carbocycles. The fourth-order valence-corrected chi connectivity index (χ4v) is 3.07. The number of pyridine rings is 1. The van der Waals surface area contributed by atoms with E-state index in [2.05, 4.69) is 20.5 Å². The van der Waals surface area contributed by atoms with Gasteiger partial charge in [-0.2, -0.15) is 18.3 Å². The summed E-state index contributed by atoms with van der Waals surface area (Å²) in [5.74, 6) is -2.25. The van der Waals surface area contributed by atoms with Crippen LogP contribution in [-0.2, 0) is 0 Å². The van der Waals surface area contributed by atoms with Crippen LogP contribution in [0.15, 0.2) is 24.3 Å². The van der Waals surface area contributed by atoms with E-state index in [1.54, 1.807) is 19.9 Å². The molecule has 0 aliphatic heterocycles. The first-order valence-electron chi connectivity index (χ1n) is 9.20. The molecule has 1 unspecified atom stereocenters. The molecule has 0 spiro atoms. The van der Waals surface area contributed by atoms with Gasteiger partial charge in [0.2, 0.25) is 0 Å². The molecular weight excluding hydrogens is 454 g/mol. The number of H-pyrrole nitrogens is 1. The van der Waals surface area contributed by atoms with Crippen LogP contribution in [0.1, 0.15) is 28.5 Å². The number of ether oxygens (including phenoxy) is 1. The normalized spacial score (nSPS) is 12.5. The van der Waals surface area contributed by atoms with Crippen LogP contribution in [0.5, 0.6) is 5.75 Å². The predicted molar refractivity (Wildman–Crippen MR) is 111 cm³/mol. The van der Waals surface area contributed by atoms with Crippen molar-refractivity contribution in [2.75, 3.05) is 11.1 Å². The number of benzene rings is 1. The predicted octanol–water partition coefficient (Wildman–Crippen LogP) is 5.05. The Balaban J connectivity index is 2.11. The molecule has 0 aliphatic rings. The number of alkyl halides is 3. The number of aryl methyl sites for hydroxylation is 2. The molecule has 3 aromatic rings. The van der Waals surface area contributed by atoms with Crippen LogP contribution < -0.4 is 15.8 Å². The second kappa shape index (κ2) is 8.65. The number of carbonyl (C=O) groups is 1. The summed E-state index contributed by atoms with van der Waals surface area (Å²) in [5, 5.41) is 8.58. The fraction of sp³-hybridized carbons (Fsp3) is 0.250. The Morgan fingerprint density at radius 1 is 1.25 bits per heavy atom. The van der Waals surface area contributed by atoms with Gasteiger partial charge in [-0.05, 0) is 50.6 Å². The first-order valence-corrected chi connectivity index (χ1v) is 9.58. The van der Waals surface area contributed by atoms with Gasteiger partial charge in [0.25, 0.3) is 5.91 Å². The molecule has 2 heterocycles. The molecule has 12 heteroatoms. The fourth-order valence-electron chi connectivity index (χ4n) is 2.84. The van der Waals surface area contributed by atoms with E-state index in [0.29, 0.717) is 11.3 Å². The Morgan fingerprint density at radius 3 is 2.50 bits per heavy atom. The van der Waals surface area contributed by atoms with E-state index in [1.165, 1.54) is 6.07 Å². The van der Waals surface area contributed by atoms with Crippen molar-refractivity contribution in [3.8, 4) is 17.0 Å². The molecule has 2 aromatic heterocycles. The lowest BCUT2D eigenvalue weighted by Gasteiger charge is -2.20. The standard InChI is InChI=1S/C20H18ClF4N5O2/c1-8-4-14(27-16(26)5-8)11-7-15(32-10(3)20(23,24)25)12(6-13(11)22)19(31)28-17-9(2)29-30-18(17)21/h4-7,10H,1-3H3,(H2,26,27)(H,28,31)(H,29,30). The van der Waals surface area contributed by atoms with Gasteiger partial charge in [0.05, 0.1) is 17.0 Å². The average Bonchev–Trinajstić information content (AvgIpc) is 2.99. The molecule has 32 heavy (non-hydrogen) atoms. The summed E-state index contributed by atoms with van der Waals surface area (Å²) in [6, 6.07) is 4.80. The smallest absolute Gasteiger partial charge is 0.425 e. The van der Waals surface area contributed by atoms with E-state index in [9.17, 15) is 22.4 Å². The molecular formula is C20H18ClF4N5O2. The SMILES string of the molecule is Cc1cc(N)nc(-c2cc(OC(C)C(F)(F)F)c(C(=O)Nc3c(Cl)n[nH]c3C)cc2F)c1. The minimum absolute atomic E-state index is 0.0708. The molecule has 0 saturated carbocycles. The Morgan fingerprint density at radius 2 is 1.94 bits per heavy atom. The van der Waals surface area contributed by atoms with Crippen molar-refractivity contribution in [2.45, 2.75) is 33.1 Å². The molecule has 0 fully saturated rings. The number of carbonyl (C=O) groups excluding carboxylic acids is 1. The summed E-state index contributed by atoms with van der Waals surface area (Å²) in [4.78, 5) is 16.8. The van der Waals surface area contributed by atoms with Crippen molar-refractivity contribution in [1.29, 1.82) is 0 Å². The molecule has 0 bridgehead atoms. The molecule has 170 valence electrons. The van der Waals surface area contributed by atoms with Gasteiger partial charge in [0.1, 0.15) is 23.1 Å². The summed E-state index contributed by atoms with van der Waals surface area (Å²) in [5.41, 5.74) is 6.28. The zero-order valence-corrected chi connectivity index (χ0v) is 17.8. The molecule has 3 rings (SSSR count). The van der Waals surface area contributed by atoms with Crippen molar-refractivity contribution in [3.63, 3.8) is 0 Å². The van der Waals surface area contributed by atoms with Gasteiger partial charge in [-0.25, -0.2) is 9.37 Å². The highest BCUT2D eigenvalue weighted by Crippen LogP contribution is 2.34. The minimum atomic E-state index is -4.72. The van der Waals surface area contributed by atoms with Crippen molar-refractivity contribution < 1.29 is 27.1 Å². The van der Waals surface area contributed by atoms with Crippen LogP contribution >= 0.6 is 11.6 Å². The van der Waals surface area contributed by atoms with E-state index in [4.69, 9.17) is 22.1 Å². The van der Waals surface area contributed by atoms with Crippen molar-refractivity contribution in [1.82, 2.24) is 15.2 Å². The number of halogens is 5. The Kier molecular flexibility index (Phi) is 6.31. The van der Waals surface area contributed by atoms with Gasteiger partial charge in [0, 0.05) is 5.56 Å². The summed E-state index contributed by atoms with van der Waals surface area (Å²) < 4.78 is 59.4. The lowest BCUT2D eigenvalue weighted by atomic mass is 10.0. The molecule has 0 saturated heterocycles. The number of anilines is 2. The summed E-state index contributed by atoms with van der Waals surface area (Å²) in [7, 11) is 0. The van der Waals surface area contributed by atoms with Crippen molar-refractivity contribution in [3.05, 3.63) is 52.1 Å². The number of nitrogens with zero attached hydrogens (tertiary/aromatic N) is 2. The van der Waals surface area contributed by atoms with Crippen LogP contribution in [0.3, 0.4) is 0 Å². The monoisotopic (exact) mass is 471 g/mol. The van der Waals surface area contributed by atoms with Crippen LogP contribution in [0.4, 0.5) is 29.1 Å². The first-order chi connectivity index (χ1) is 14.9. The van der Waals surface area contributed by atoms with Crippen LogP contribution in [0.2, 0.25) is 5.15 Å². The van der Waals surface area contributed by atoms with E-state index in [1.807, 2.05) is 0 Å². The van der Waals surface area contributed by atoms with E-state index in [0.717, 1.165) is 19.1 Å². The van der Waals surface area contributed by atoms with E-state index >= 15 is 0 Å². The van der Waals surface area contributed by atoms with Gasteiger partial charge in [-0.15, -0.1) is 0 Å². The highest BCUT2D eigenvalue weighted by atomic mass is 35.5. The highest BCUT2D eigenvalue weighted by Gasteiger charge is 2.39. The van der Waals surface area contributed by atoms with Crippen LogP contribution in [0.25, 0.3) is 11.3 Å². The van der Waals surface area contributed by atoms with Gasteiger partial charge in [-0.1, -0.05) is 11.6 Å². The second-order valence-corrected chi connectivity index (χ2v) is 7.41. The number of hydrogen-bond donors (Lipinski definition) is 3. The zero-order chi connectivity index (χ0) is 23.8. The third-order valence-corrected chi connectivity index (χ3v) is 4.76. The number of nitrogens with two attached hydrogens (primary N) is 1. The number of aromatic amines is 1. The lowest BCUT2D eigenvalue weighted by molar-refractivity contribution is -0.189. The van der Waals surface area contributed by atoms with Gasteiger partial charge in [0.15, 0.2) is 11.3 Å². The zero-order valence-electron chi connectivity index (χ0n) is 17.1. The average molecular weight is 472 g/mol. The largest absolute Gasteiger partial charge is 0.480 e. The Bertz CT molecular complexity index is 1140. The van der Waals surface area contributed by atoms with Gasteiger partial charge in [-0.3, -0.25) is 9.89 Å². The molecule has 1 atom stereocenters. The number of hydrogen-bond acceptors (Lipinski definition) is 5. The van der Waals surface area contributed by atoms with Crippen LogP contribution in [0, 0.1) is 19.7 Å².